The van der Waals surface area contributed by atoms with Crippen LogP contribution in [0.5, 0.6) is 0 Å². The van der Waals surface area contributed by atoms with Crippen LogP contribution in [0.4, 0.5) is 0 Å². The number of halogens is 4. The van der Waals surface area contributed by atoms with E-state index in [1.165, 1.54) is 0 Å². The Kier molecular flexibility index (Phi) is 5.04. The summed E-state index contributed by atoms with van der Waals surface area (Å²) in [6, 6.07) is 0. The molecule has 0 aliphatic carbocycles. The summed E-state index contributed by atoms with van der Waals surface area (Å²) >= 11 is 21.0. The van der Waals surface area contributed by atoms with Crippen molar-refractivity contribution in [2.45, 2.75) is 4.84 Å². The zero-order valence-corrected chi connectivity index (χ0v) is 7.31. The molecule has 1 nitrogen and oxygen atoms in total. The minimum Gasteiger partial charge on any atom is -0.281 e. The van der Waals surface area contributed by atoms with Crippen molar-refractivity contribution in [2.75, 3.05) is 5.88 Å². The van der Waals surface area contributed by atoms with Gasteiger partial charge in [-0.25, -0.2) is 0 Å². The molecule has 1 unspecified atom stereocenters. The van der Waals surface area contributed by atoms with Crippen LogP contribution in [-0.4, -0.2) is 16.0 Å². The molecule has 0 aliphatic rings. The fourth-order valence-electron chi connectivity index (χ4n) is 0.227. The van der Waals surface area contributed by atoms with E-state index in [9.17, 15) is 4.79 Å². The quantitative estimate of drug-likeness (QED) is 0.516. The van der Waals surface area contributed by atoms with Crippen molar-refractivity contribution in [1.82, 2.24) is 0 Å². The molecule has 0 rings (SSSR count). The van der Waals surface area contributed by atoms with Crippen molar-refractivity contribution < 1.29 is 4.79 Å². The Balaban J connectivity index is 3.83. The number of carbonyl (C=O) groups is 1. The van der Waals surface area contributed by atoms with E-state index >= 15 is 0 Å². The molecule has 0 amide bonds. The number of rotatable bonds is 3. The second kappa shape index (κ2) is 4.62. The molecule has 0 aromatic carbocycles. The highest BCUT2D eigenvalue weighted by molar-refractivity contribution is 6.65. The molecule has 54 valence electrons. The monoisotopic (exact) mass is 208 g/mol. The second-order valence-electron chi connectivity index (χ2n) is 1.40. The van der Waals surface area contributed by atoms with E-state index in [1.807, 2.05) is 0 Å². The molecule has 9 heavy (non-hydrogen) atoms. The van der Waals surface area contributed by atoms with Crippen LogP contribution < -0.4 is 0 Å². The summed E-state index contributed by atoms with van der Waals surface area (Å²) in [5, 5.41) is -0.597. The standard InChI is InChI=1S/C4H4Cl4O/c5-1-2(3(6)7)4(8)9/h2-3H,1H2. The molecule has 0 aromatic heterocycles. The largest absolute Gasteiger partial charge is 0.281 e. The highest BCUT2D eigenvalue weighted by Gasteiger charge is 2.21. The predicted molar refractivity (Wildman–Crippen MR) is 40.6 cm³/mol. The molecular weight excluding hydrogens is 206 g/mol. The molecule has 0 bridgehead atoms. The van der Waals surface area contributed by atoms with Crippen LogP contribution in [0.25, 0.3) is 0 Å². The zero-order chi connectivity index (χ0) is 7.44. The van der Waals surface area contributed by atoms with Crippen LogP contribution in [0.3, 0.4) is 0 Å². The number of hydrogen-bond donors (Lipinski definition) is 0. The van der Waals surface area contributed by atoms with Crippen LogP contribution >= 0.6 is 46.4 Å². The number of carbonyl (C=O) groups excluding carboxylic acids is 1. The van der Waals surface area contributed by atoms with E-state index < -0.39 is 16.0 Å². The van der Waals surface area contributed by atoms with Gasteiger partial charge in [-0.2, -0.15) is 0 Å². The van der Waals surface area contributed by atoms with Crippen LogP contribution in [-0.2, 0) is 4.79 Å². The van der Waals surface area contributed by atoms with E-state index in [-0.39, 0.29) is 5.88 Å². The van der Waals surface area contributed by atoms with E-state index in [0.29, 0.717) is 0 Å². The molecule has 0 radical (unpaired) electrons. The highest BCUT2D eigenvalue weighted by Crippen LogP contribution is 2.18. The maximum Gasteiger partial charge on any atom is 0.228 e. The zero-order valence-electron chi connectivity index (χ0n) is 4.28. The van der Waals surface area contributed by atoms with E-state index in [0.717, 1.165) is 0 Å². The second-order valence-corrected chi connectivity index (χ2v) is 3.24. The summed E-state index contributed by atoms with van der Waals surface area (Å²) in [7, 11) is 0. The summed E-state index contributed by atoms with van der Waals surface area (Å²) < 4.78 is 0. The van der Waals surface area contributed by atoms with Gasteiger partial charge in [0.15, 0.2) is 0 Å². The predicted octanol–water partition coefficient (Wildman–Crippen LogP) is 2.41. The van der Waals surface area contributed by atoms with Crippen molar-refractivity contribution >= 4 is 51.6 Å². The molecule has 0 aromatic rings. The maximum absolute atomic E-state index is 10.3. The Bertz CT molecular complexity index is 103. The lowest BCUT2D eigenvalue weighted by Crippen LogP contribution is -2.17. The summed E-state index contributed by atoms with van der Waals surface area (Å²) in [4.78, 5) is 9.52. The van der Waals surface area contributed by atoms with Gasteiger partial charge in [-0.3, -0.25) is 4.79 Å². The van der Waals surface area contributed by atoms with Crippen LogP contribution in [0.15, 0.2) is 0 Å². The molecule has 0 heterocycles. The number of alkyl halides is 3. The van der Waals surface area contributed by atoms with Gasteiger partial charge in [0.05, 0.1) is 5.92 Å². The first-order valence-electron chi connectivity index (χ1n) is 2.13. The molecule has 0 aliphatic heterocycles. The van der Waals surface area contributed by atoms with E-state index in [1.54, 1.807) is 0 Å². The van der Waals surface area contributed by atoms with Crippen LogP contribution in [0, 0.1) is 5.92 Å². The first kappa shape index (κ1) is 9.83. The summed E-state index contributed by atoms with van der Waals surface area (Å²) in [6.45, 7) is 0. The normalized spacial score (nSPS) is 13.9. The minimum atomic E-state index is -0.812. The van der Waals surface area contributed by atoms with Gasteiger partial charge in [0.1, 0.15) is 4.84 Å². The fourth-order valence-corrected chi connectivity index (χ4v) is 1.55. The number of hydrogen-bond acceptors (Lipinski definition) is 1. The lowest BCUT2D eigenvalue weighted by molar-refractivity contribution is -0.114. The molecule has 0 N–H and O–H groups in total. The fraction of sp³-hybridized carbons (Fsp3) is 0.750. The molecule has 0 saturated heterocycles. The molecule has 0 saturated carbocycles. The topological polar surface area (TPSA) is 17.1 Å². The first-order chi connectivity index (χ1) is 4.09. The average molecular weight is 210 g/mol. The maximum atomic E-state index is 10.3. The smallest absolute Gasteiger partial charge is 0.228 e. The highest BCUT2D eigenvalue weighted by atomic mass is 35.5. The Morgan fingerprint density at radius 2 is 1.89 bits per heavy atom. The summed E-state index contributed by atoms with van der Waals surface area (Å²) in [5.41, 5.74) is 0. The van der Waals surface area contributed by atoms with Gasteiger partial charge in [0, 0.05) is 5.88 Å². The van der Waals surface area contributed by atoms with Gasteiger partial charge in [-0.05, 0) is 11.6 Å². The third-order valence-corrected chi connectivity index (χ3v) is 1.98. The van der Waals surface area contributed by atoms with Crippen molar-refractivity contribution in [3.05, 3.63) is 0 Å². The molecule has 0 fully saturated rings. The molecule has 1 atom stereocenters. The Morgan fingerprint density at radius 1 is 1.44 bits per heavy atom. The molecule has 0 spiro atoms. The Morgan fingerprint density at radius 3 is 1.89 bits per heavy atom. The van der Waals surface area contributed by atoms with Gasteiger partial charge in [-0.1, -0.05) is 0 Å². The minimum absolute atomic E-state index is 0.0556. The van der Waals surface area contributed by atoms with Crippen LogP contribution in [0.1, 0.15) is 0 Å². The first-order valence-corrected chi connectivity index (χ1v) is 3.91. The van der Waals surface area contributed by atoms with Gasteiger partial charge >= 0.3 is 0 Å². The third-order valence-electron chi connectivity index (χ3n) is 0.762. The Labute approximate surface area is 73.2 Å². The Hall–Kier alpha value is 0.830. The van der Waals surface area contributed by atoms with Crippen molar-refractivity contribution in [3.63, 3.8) is 0 Å². The lowest BCUT2D eigenvalue weighted by Gasteiger charge is -2.07. The lowest BCUT2D eigenvalue weighted by atomic mass is 10.2. The summed E-state index contributed by atoms with van der Waals surface area (Å²) in [5.74, 6) is -0.600. The summed E-state index contributed by atoms with van der Waals surface area (Å²) in [6.07, 6.45) is 0. The average Bonchev–Trinajstić information content (AvgIpc) is 1.64. The SMILES string of the molecule is O=C(Cl)C(CCl)C(Cl)Cl. The van der Waals surface area contributed by atoms with Crippen molar-refractivity contribution in [3.8, 4) is 0 Å². The third kappa shape index (κ3) is 3.51. The van der Waals surface area contributed by atoms with Crippen molar-refractivity contribution in [1.29, 1.82) is 0 Å². The van der Waals surface area contributed by atoms with Gasteiger partial charge in [0.25, 0.3) is 0 Å². The van der Waals surface area contributed by atoms with E-state index in [2.05, 4.69) is 0 Å². The van der Waals surface area contributed by atoms with Gasteiger partial charge in [0.2, 0.25) is 5.24 Å². The molecule has 5 heteroatoms. The van der Waals surface area contributed by atoms with Gasteiger partial charge in [-0.15, -0.1) is 34.8 Å². The van der Waals surface area contributed by atoms with Crippen molar-refractivity contribution in [2.24, 2.45) is 5.92 Å². The van der Waals surface area contributed by atoms with Gasteiger partial charge < -0.3 is 0 Å². The van der Waals surface area contributed by atoms with Crippen LogP contribution in [0.2, 0.25) is 0 Å². The molecular formula is C4H4Cl4O. The van der Waals surface area contributed by atoms with E-state index in [4.69, 9.17) is 46.4 Å².